The summed E-state index contributed by atoms with van der Waals surface area (Å²) in [6.45, 7) is 13.4. The van der Waals surface area contributed by atoms with Crippen molar-refractivity contribution in [3.05, 3.63) is 42.0 Å². The molecule has 1 aromatic rings. The Kier molecular flexibility index (Phi) is 7.81. The molecule has 1 saturated heterocycles. The molecule has 8 atom stereocenters. The van der Waals surface area contributed by atoms with E-state index in [1.807, 2.05) is 51.1 Å². The topological polar surface area (TPSA) is 88.1 Å². The number of hydrogen-bond donors (Lipinski definition) is 0. The van der Waals surface area contributed by atoms with Gasteiger partial charge in [0.25, 0.3) is 0 Å². The first-order chi connectivity index (χ1) is 17.8. The summed E-state index contributed by atoms with van der Waals surface area (Å²) in [7, 11) is 0. The quantitative estimate of drug-likeness (QED) is 0.263. The van der Waals surface area contributed by atoms with Gasteiger partial charge in [-0.1, -0.05) is 51.1 Å². The van der Waals surface area contributed by atoms with Crippen molar-refractivity contribution < 1.29 is 33.3 Å². The van der Waals surface area contributed by atoms with Crippen LogP contribution in [0.1, 0.15) is 79.7 Å². The lowest BCUT2D eigenvalue weighted by Gasteiger charge is -2.61. The van der Waals surface area contributed by atoms with Crippen molar-refractivity contribution in [3.8, 4) is 0 Å². The van der Waals surface area contributed by atoms with Crippen LogP contribution in [0.25, 0.3) is 6.08 Å². The number of hydrogen-bond acceptors (Lipinski definition) is 7. The molecule has 0 aromatic heterocycles. The van der Waals surface area contributed by atoms with E-state index in [0.717, 1.165) is 12.0 Å². The lowest BCUT2D eigenvalue weighted by atomic mass is 9.49. The molecular weight excluding hydrogens is 484 g/mol. The zero-order chi connectivity index (χ0) is 27.9. The lowest BCUT2D eigenvalue weighted by molar-refractivity contribution is -0.285. The average molecular weight is 527 g/mol. The Hall–Kier alpha value is -2.67. The molecule has 2 saturated carbocycles. The number of carbonyl (C=O) groups is 3. The molecule has 1 heterocycles. The Labute approximate surface area is 226 Å². The van der Waals surface area contributed by atoms with Gasteiger partial charge in [-0.05, 0) is 69.9 Å². The molecule has 1 aromatic carbocycles. The minimum Gasteiger partial charge on any atom is -0.458 e. The molecule has 3 fully saturated rings. The van der Waals surface area contributed by atoms with Gasteiger partial charge in [0, 0.05) is 13.0 Å². The second-order valence-electron chi connectivity index (χ2n) is 12.1. The van der Waals surface area contributed by atoms with E-state index in [4.69, 9.17) is 18.9 Å². The van der Waals surface area contributed by atoms with Crippen molar-refractivity contribution in [1.82, 2.24) is 0 Å². The lowest BCUT2D eigenvalue weighted by Crippen LogP contribution is -2.71. The number of fused-ring (bicyclic) bond motifs is 1. The number of benzene rings is 1. The maximum atomic E-state index is 13.1. The van der Waals surface area contributed by atoms with Gasteiger partial charge in [0.2, 0.25) is 0 Å². The SMILES string of the molecule is CC[C@@H](C)C(=O)O[C@H]1C[C@@H](C)[C@@]23C[C@@H](C[C@H](OC(=O)/C=C/c4ccccc4)[C@]2(C)[C@H]1OC(C)=O)C(C)(C)O3. The Morgan fingerprint density at radius 2 is 1.76 bits per heavy atom. The number of rotatable bonds is 7. The first-order valence-electron chi connectivity index (χ1n) is 13.9. The summed E-state index contributed by atoms with van der Waals surface area (Å²) in [5, 5.41) is 0. The molecule has 3 aliphatic rings. The van der Waals surface area contributed by atoms with E-state index in [1.165, 1.54) is 13.0 Å². The van der Waals surface area contributed by atoms with Crippen LogP contribution in [0, 0.1) is 23.2 Å². The molecule has 1 aliphatic heterocycles. The van der Waals surface area contributed by atoms with Gasteiger partial charge in [-0.15, -0.1) is 0 Å². The van der Waals surface area contributed by atoms with E-state index in [0.29, 0.717) is 19.3 Å². The van der Waals surface area contributed by atoms with Crippen molar-refractivity contribution in [3.63, 3.8) is 0 Å². The molecule has 7 nitrogen and oxygen atoms in total. The minimum absolute atomic E-state index is 0.0281. The fourth-order valence-corrected chi connectivity index (χ4v) is 6.98. The van der Waals surface area contributed by atoms with E-state index < -0.39 is 46.9 Å². The number of carbonyl (C=O) groups excluding carboxylic acids is 3. The van der Waals surface area contributed by atoms with Gasteiger partial charge in [0.05, 0.1) is 22.5 Å². The Morgan fingerprint density at radius 3 is 2.39 bits per heavy atom. The first-order valence-corrected chi connectivity index (χ1v) is 13.9. The molecule has 0 radical (unpaired) electrons. The van der Waals surface area contributed by atoms with Crippen LogP contribution in [-0.4, -0.2) is 47.4 Å². The summed E-state index contributed by atoms with van der Waals surface area (Å²) in [4.78, 5) is 38.5. The van der Waals surface area contributed by atoms with Gasteiger partial charge in [0.15, 0.2) is 6.10 Å². The van der Waals surface area contributed by atoms with Gasteiger partial charge in [-0.2, -0.15) is 0 Å². The van der Waals surface area contributed by atoms with Crippen molar-refractivity contribution in [2.24, 2.45) is 23.2 Å². The van der Waals surface area contributed by atoms with E-state index in [9.17, 15) is 14.4 Å². The highest BCUT2D eigenvalue weighted by molar-refractivity contribution is 5.87. The predicted octanol–water partition coefficient (Wildman–Crippen LogP) is 5.50. The fraction of sp³-hybridized carbons (Fsp3) is 0.645. The third-order valence-electron chi connectivity index (χ3n) is 9.41. The average Bonchev–Trinajstić information content (AvgIpc) is 3.11. The summed E-state index contributed by atoms with van der Waals surface area (Å²) in [6, 6.07) is 9.55. The van der Waals surface area contributed by atoms with E-state index in [2.05, 4.69) is 20.8 Å². The highest BCUT2D eigenvalue weighted by Crippen LogP contribution is 2.67. The molecule has 0 N–H and O–H groups in total. The van der Waals surface area contributed by atoms with Gasteiger partial charge in [0.1, 0.15) is 12.2 Å². The standard InChI is InChI=1S/C31H42O7/c1-8-19(2)28(34)36-24-16-20(3)31-18-23(29(5,6)38-31)17-25(30(31,7)27(24)35-21(4)32)37-26(33)15-14-22-12-10-9-11-13-22/h9-15,19-20,23-25,27H,8,16-18H2,1-7H3/b15-14+/t19-,20-,23-,24+,25+,27+,30-,31+/m1/s1. The first kappa shape index (κ1) is 28.3. The normalized spacial score (nSPS) is 36.2. The molecule has 7 heteroatoms. The van der Waals surface area contributed by atoms with Crippen molar-refractivity contribution >= 4 is 24.0 Å². The van der Waals surface area contributed by atoms with Crippen LogP contribution in [0.2, 0.25) is 0 Å². The smallest absolute Gasteiger partial charge is 0.331 e. The predicted molar refractivity (Wildman–Crippen MR) is 143 cm³/mol. The molecule has 208 valence electrons. The van der Waals surface area contributed by atoms with Gasteiger partial charge in [-0.3, -0.25) is 9.59 Å². The summed E-state index contributed by atoms with van der Waals surface area (Å²) >= 11 is 0. The fourth-order valence-electron chi connectivity index (χ4n) is 6.98. The van der Waals surface area contributed by atoms with Crippen molar-refractivity contribution in [2.45, 2.75) is 104 Å². The summed E-state index contributed by atoms with van der Waals surface area (Å²) in [6.07, 6.45) is 3.52. The van der Waals surface area contributed by atoms with Crippen LogP contribution in [0.3, 0.4) is 0 Å². The molecule has 2 bridgehead atoms. The molecule has 38 heavy (non-hydrogen) atoms. The maximum Gasteiger partial charge on any atom is 0.331 e. The van der Waals surface area contributed by atoms with Crippen LogP contribution in [0.5, 0.6) is 0 Å². The molecule has 1 spiro atoms. The molecule has 0 amide bonds. The summed E-state index contributed by atoms with van der Waals surface area (Å²) in [5.74, 6) is -1.41. The van der Waals surface area contributed by atoms with Crippen molar-refractivity contribution in [2.75, 3.05) is 0 Å². The van der Waals surface area contributed by atoms with E-state index in [-0.39, 0.29) is 23.7 Å². The monoisotopic (exact) mass is 526 g/mol. The van der Waals surface area contributed by atoms with Crippen LogP contribution < -0.4 is 0 Å². The third-order valence-corrected chi connectivity index (χ3v) is 9.41. The molecular formula is C31H42O7. The highest BCUT2D eigenvalue weighted by Gasteiger charge is 2.75. The van der Waals surface area contributed by atoms with Crippen LogP contribution >= 0.6 is 0 Å². The van der Waals surface area contributed by atoms with E-state index in [1.54, 1.807) is 6.08 Å². The number of esters is 3. The minimum atomic E-state index is -0.933. The largest absolute Gasteiger partial charge is 0.458 e. The zero-order valence-corrected chi connectivity index (χ0v) is 23.7. The van der Waals surface area contributed by atoms with Crippen molar-refractivity contribution in [1.29, 1.82) is 0 Å². The zero-order valence-electron chi connectivity index (χ0n) is 23.7. The van der Waals surface area contributed by atoms with E-state index >= 15 is 0 Å². The molecule has 4 rings (SSSR count). The third kappa shape index (κ3) is 4.90. The van der Waals surface area contributed by atoms with Crippen LogP contribution in [0.4, 0.5) is 0 Å². The summed E-state index contributed by atoms with van der Waals surface area (Å²) in [5.41, 5.74) is -1.21. The second kappa shape index (κ2) is 10.5. The molecule has 0 unspecified atom stereocenters. The second-order valence-corrected chi connectivity index (χ2v) is 12.1. The Balaban J connectivity index is 1.73. The highest BCUT2D eigenvalue weighted by atomic mass is 16.6. The molecule has 2 aliphatic carbocycles. The Bertz CT molecular complexity index is 1080. The summed E-state index contributed by atoms with van der Waals surface area (Å²) < 4.78 is 25.1. The van der Waals surface area contributed by atoms with Gasteiger partial charge in [-0.25, -0.2) is 4.79 Å². The maximum absolute atomic E-state index is 13.1. The van der Waals surface area contributed by atoms with Gasteiger partial charge >= 0.3 is 17.9 Å². The van der Waals surface area contributed by atoms with Crippen LogP contribution in [-0.2, 0) is 33.3 Å². The van der Waals surface area contributed by atoms with Gasteiger partial charge < -0.3 is 18.9 Å². The number of ether oxygens (including phenoxy) is 4. The van der Waals surface area contributed by atoms with Crippen LogP contribution in [0.15, 0.2) is 36.4 Å². The Morgan fingerprint density at radius 1 is 1.08 bits per heavy atom.